The Balaban J connectivity index is 0.00000192. The van der Waals surface area contributed by atoms with Crippen molar-refractivity contribution in [2.45, 2.75) is 25.9 Å². The van der Waals surface area contributed by atoms with E-state index in [1.807, 2.05) is 38.5 Å². The molecule has 1 heterocycles. The van der Waals surface area contributed by atoms with Crippen molar-refractivity contribution in [1.29, 1.82) is 0 Å². The average Bonchev–Trinajstić information content (AvgIpc) is 3.03. The maximum atomic E-state index is 4.48. The van der Waals surface area contributed by atoms with Gasteiger partial charge < -0.3 is 15.2 Å². The first-order chi connectivity index (χ1) is 10.7. The lowest BCUT2D eigenvalue weighted by Gasteiger charge is -2.21. The quantitative estimate of drug-likeness (QED) is 0.450. The number of imidazole rings is 1. The van der Waals surface area contributed by atoms with Crippen molar-refractivity contribution in [3.05, 3.63) is 42.4 Å². The lowest BCUT2D eigenvalue weighted by molar-refractivity contribution is 0.462. The highest BCUT2D eigenvalue weighted by atomic mass is 127. The molecule has 2 N–H and O–H groups in total. The van der Waals surface area contributed by atoms with Crippen LogP contribution in [0.25, 0.3) is 11.3 Å². The van der Waals surface area contributed by atoms with Gasteiger partial charge >= 0.3 is 0 Å². The second kappa shape index (κ2) is 7.81. The van der Waals surface area contributed by atoms with Gasteiger partial charge in [0.1, 0.15) is 5.82 Å². The number of nitrogens with one attached hydrogen (secondary N) is 2. The highest BCUT2D eigenvalue weighted by Crippen LogP contribution is 2.29. The molecule has 1 aliphatic carbocycles. The van der Waals surface area contributed by atoms with Crippen LogP contribution in [-0.2, 0) is 6.54 Å². The zero-order valence-electron chi connectivity index (χ0n) is 13.8. The van der Waals surface area contributed by atoms with Gasteiger partial charge in [0.15, 0.2) is 5.96 Å². The summed E-state index contributed by atoms with van der Waals surface area (Å²) in [6.07, 6.45) is 3.11. The van der Waals surface area contributed by atoms with Gasteiger partial charge in [-0.1, -0.05) is 37.3 Å². The molecule has 124 valence electrons. The second-order valence-corrected chi connectivity index (χ2v) is 5.98. The molecule has 0 aliphatic heterocycles. The molecule has 2 atom stereocenters. The molecule has 2 unspecified atom stereocenters. The molecule has 1 aromatic carbocycles. The topological polar surface area (TPSA) is 56.3 Å². The number of H-pyrrole nitrogens is 1. The molecule has 1 aromatic heterocycles. The first-order valence-electron chi connectivity index (χ1n) is 7.71. The summed E-state index contributed by atoms with van der Waals surface area (Å²) in [5.41, 5.74) is 2.20. The van der Waals surface area contributed by atoms with Crippen LogP contribution in [0.4, 0.5) is 0 Å². The molecule has 2 aromatic rings. The van der Waals surface area contributed by atoms with Crippen molar-refractivity contribution in [2.75, 3.05) is 14.1 Å². The number of guanidine groups is 1. The Hall–Kier alpha value is -1.57. The molecule has 0 saturated heterocycles. The predicted molar refractivity (Wildman–Crippen MR) is 105 cm³/mol. The van der Waals surface area contributed by atoms with Crippen LogP contribution in [0.2, 0.25) is 0 Å². The molecular formula is C17H24IN5. The van der Waals surface area contributed by atoms with E-state index >= 15 is 0 Å². The molecule has 3 rings (SSSR count). The zero-order valence-corrected chi connectivity index (χ0v) is 16.1. The monoisotopic (exact) mass is 425 g/mol. The maximum Gasteiger partial charge on any atom is 0.194 e. The normalized spacial score (nSPS) is 19.9. The first kappa shape index (κ1) is 17.8. The van der Waals surface area contributed by atoms with Gasteiger partial charge in [-0.05, 0) is 17.9 Å². The van der Waals surface area contributed by atoms with Crippen molar-refractivity contribution in [3.63, 3.8) is 0 Å². The molecule has 1 fully saturated rings. The molecule has 6 heteroatoms. The Morgan fingerprint density at radius 3 is 2.70 bits per heavy atom. The standard InChI is InChI=1S/C17H23N5.HI/c1-12-9-14(12)21-17(18-2)22(3)11-16-19-10-15(20-16)13-7-5-4-6-8-13;/h4-8,10,12,14H,9,11H2,1-3H3,(H,18,21)(H,19,20);1H. The van der Waals surface area contributed by atoms with Crippen LogP contribution in [0.1, 0.15) is 19.2 Å². The molecule has 0 amide bonds. The summed E-state index contributed by atoms with van der Waals surface area (Å²) in [6.45, 7) is 2.96. The van der Waals surface area contributed by atoms with Crippen molar-refractivity contribution in [1.82, 2.24) is 20.2 Å². The molecule has 0 spiro atoms. The summed E-state index contributed by atoms with van der Waals surface area (Å²) in [4.78, 5) is 14.3. The van der Waals surface area contributed by atoms with Gasteiger partial charge in [0, 0.05) is 20.1 Å². The van der Waals surface area contributed by atoms with Crippen molar-refractivity contribution >= 4 is 29.9 Å². The average molecular weight is 425 g/mol. The third kappa shape index (κ3) is 4.46. The van der Waals surface area contributed by atoms with E-state index < -0.39 is 0 Å². The van der Waals surface area contributed by atoms with E-state index in [0.29, 0.717) is 12.6 Å². The van der Waals surface area contributed by atoms with E-state index in [4.69, 9.17) is 0 Å². The minimum absolute atomic E-state index is 0. The van der Waals surface area contributed by atoms with Gasteiger partial charge in [-0.15, -0.1) is 24.0 Å². The predicted octanol–water partition coefficient (Wildman–Crippen LogP) is 3.11. The van der Waals surface area contributed by atoms with Crippen LogP contribution in [0.15, 0.2) is 41.5 Å². The van der Waals surface area contributed by atoms with Gasteiger partial charge in [-0.2, -0.15) is 0 Å². The fourth-order valence-electron chi connectivity index (χ4n) is 2.54. The molecule has 1 aliphatic rings. The number of aliphatic imine (C=N–C) groups is 1. The van der Waals surface area contributed by atoms with E-state index in [9.17, 15) is 0 Å². The third-order valence-electron chi connectivity index (χ3n) is 4.10. The van der Waals surface area contributed by atoms with E-state index in [0.717, 1.165) is 29.0 Å². The second-order valence-electron chi connectivity index (χ2n) is 5.98. The minimum atomic E-state index is 0. The number of rotatable bonds is 4. The number of aromatic amines is 1. The summed E-state index contributed by atoms with van der Waals surface area (Å²) in [5, 5.41) is 3.48. The van der Waals surface area contributed by atoms with Crippen LogP contribution in [0, 0.1) is 5.92 Å². The zero-order chi connectivity index (χ0) is 15.5. The van der Waals surface area contributed by atoms with Crippen LogP contribution < -0.4 is 5.32 Å². The van der Waals surface area contributed by atoms with Gasteiger partial charge in [0.25, 0.3) is 0 Å². The Labute approximate surface area is 154 Å². The van der Waals surface area contributed by atoms with E-state index in [-0.39, 0.29) is 24.0 Å². The summed E-state index contributed by atoms with van der Waals surface area (Å²) in [7, 11) is 3.86. The lowest BCUT2D eigenvalue weighted by atomic mass is 10.2. The number of benzene rings is 1. The smallest absolute Gasteiger partial charge is 0.194 e. The number of hydrogen-bond acceptors (Lipinski definition) is 2. The van der Waals surface area contributed by atoms with Gasteiger partial charge in [-0.25, -0.2) is 4.98 Å². The fraction of sp³-hybridized carbons (Fsp3) is 0.412. The van der Waals surface area contributed by atoms with Crippen LogP contribution in [0.3, 0.4) is 0 Å². The minimum Gasteiger partial charge on any atom is -0.353 e. The summed E-state index contributed by atoms with van der Waals surface area (Å²) < 4.78 is 0. The molecule has 0 bridgehead atoms. The number of hydrogen-bond donors (Lipinski definition) is 2. The fourth-order valence-corrected chi connectivity index (χ4v) is 2.54. The van der Waals surface area contributed by atoms with Crippen molar-refractivity contribution < 1.29 is 0 Å². The number of aromatic nitrogens is 2. The summed E-state index contributed by atoms with van der Waals surface area (Å²) in [6, 6.07) is 10.8. The highest BCUT2D eigenvalue weighted by Gasteiger charge is 2.33. The number of nitrogens with zero attached hydrogens (tertiary/aromatic N) is 3. The third-order valence-corrected chi connectivity index (χ3v) is 4.10. The van der Waals surface area contributed by atoms with Crippen LogP contribution >= 0.6 is 24.0 Å². The molecule has 1 saturated carbocycles. The Morgan fingerprint density at radius 1 is 1.39 bits per heavy atom. The molecule has 5 nitrogen and oxygen atoms in total. The van der Waals surface area contributed by atoms with Gasteiger partial charge in [0.05, 0.1) is 18.4 Å². The van der Waals surface area contributed by atoms with Gasteiger partial charge in [-0.3, -0.25) is 4.99 Å². The Kier molecular flexibility index (Phi) is 6.04. The van der Waals surface area contributed by atoms with E-state index in [2.05, 4.69) is 44.2 Å². The molecule has 23 heavy (non-hydrogen) atoms. The summed E-state index contributed by atoms with van der Waals surface area (Å²) in [5.74, 6) is 2.61. The first-order valence-corrected chi connectivity index (χ1v) is 7.71. The Morgan fingerprint density at radius 2 is 2.09 bits per heavy atom. The SMILES string of the molecule is CN=C(NC1CC1C)N(C)Cc1ncc(-c2ccccc2)[nH]1.I. The van der Waals surface area contributed by atoms with Gasteiger partial charge in [0.2, 0.25) is 0 Å². The van der Waals surface area contributed by atoms with Crippen LogP contribution in [0.5, 0.6) is 0 Å². The van der Waals surface area contributed by atoms with E-state index in [1.165, 1.54) is 6.42 Å². The number of halogens is 1. The summed E-state index contributed by atoms with van der Waals surface area (Å²) >= 11 is 0. The molecular weight excluding hydrogens is 401 g/mol. The largest absolute Gasteiger partial charge is 0.353 e. The Bertz CT molecular complexity index is 652. The maximum absolute atomic E-state index is 4.48. The lowest BCUT2D eigenvalue weighted by Crippen LogP contribution is -2.40. The van der Waals surface area contributed by atoms with Crippen molar-refractivity contribution in [3.8, 4) is 11.3 Å². The van der Waals surface area contributed by atoms with Crippen LogP contribution in [-0.4, -0.2) is 41.0 Å². The van der Waals surface area contributed by atoms with E-state index in [1.54, 1.807) is 0 Å². The highest BCUT2D eigenvalue weighted by molar-refractivity contribution is 14.0. The molecule has 0 radical (unpaired) electrons. The van der Waals surface area contributed by atoms with Crippen molar-refractivity contribution in [2.24, 2.45) is 10.9 Å².